The van der Waals surface area contributed by atoms with Crippen LogP contribution >= 0.6 is 0 Å². The van der Waals surface area contributed by atoms with Crippen LogP contribution in [0.2, 0.25) is 0 Å². The van der Waals surface area contributed by atoms with Gasteiger partial charge in [-0.25, -0.2) is 0 Å². The molecule has 16 heavy (non-hydrogen) atoms. The minimum Gasteiger partial charge on any atom is -0.383 e. The largest absolute Gasteiger partial charge is 0.383 e. The number of hydrogen-bond acceptors (Lipinski definition) is 3. The number of hydrogen-bond donors (Lipinski definition) is 2. The maximum Gasteiger partial charge on any atom is 0.234 e. The first-order chi connectivity index (χ1) is 7.63. The minimum absolute atomic E-state index is 0.0487. The van der Waals surface area contributed by atoms with Crippen molar-refractivity contribution in [2.75, 3.05) is 26.8 Å². The summed E-state index contributed by atoms with van der Waals surface area (Å²) < 4.78 is 4.95. The zero-order valence-corrected chi connectivity index (χ0v) is 10.6. The van der Waals surface area contributed by atoms with E-state index in [4.69, 9.17) is 4.74 Å². The summed E-state index contributed by atoms with van der Waals surface area (Å²) in [7, 11) is 1.64. The van der Waals surface area contributed by atoms with Crippen molar-refractivity contribution in [3.8, 4) is 0 Å². The Morgan fingerprint density at radius 2 is 2.12 bits per heavy atom. The summed E-state index contributed by atoms with van der Waals surface area (Å²) in [6, 6.07) is 0.0835. The molecule has 0 aromatic rings. The fourth-order valence-corrected chi connectivity index (χ4v) is 1.86. The number of nitrogens with one attached hydrogen (secondary N) is 2. The highest BCUT2D eigenvalue weighted by atomic mass is 16.5. The molecule has 0 bridgehead atoms. The molecule has 1 aliphatic carbocycles. The average Bonchev–Trinajstić information content (AvgIpc) is 3.00. The van der Waals surface area contributed by atoms with Gasteiger partial charge >= 0.3 is 0 Å². The monoisotopic (exact) mass is 228 g/mol. The van der Waals surface area contributed by atoms with Crippen LogP contribution < -0.4 is 10.6 Å². The Morgan fingerprint density at radius 3 is 2.69 bits per heavy atom. The number of carbonyl (C=O) groups is 1. The topological polar surface area (TPSA) is 50.4 Å². The van der Waals surface area contributed by atoms with E-state index in [2.05, 4.69) is 17.6 Å². The van der Waals surface area contributed by atoms with Gasteiger partial charge in [0.1, 0.15) is 0 Å². The zero-order valence-electron chi connectivity index (χ0n) is 10.6. The van der Waals surface area contributed by atoms with E-state index >= 15 is 0 Å². The first-order valence-electron chi connectivity index (χ1n) is 6.12. The van der Waals surface area contributed by atoms with Gasteiger partial charge in [-0.05, 0) is 38.1 Å². The van der Waals surface area contributed by atoms with Gasteiger partial charge in [0, 0.05) is 13.2 Å². The van der Waals surface area contributed by atoms with Gasteiger partial charge in [0.2, 0.25) is 5.91 Å². The third-order valence-electron chi connectivity index (χ3n) is 3.00. The van der Waals surface area contributed by atoms with Crippen LogP contribution in [0.15, 0.2) is 0 Å². The Kier molecular flexibility index (Phi) is 5.77. The number of carbonyl (C=O) groups excluding carboxylic acids is 1. The third-order valence-corrected chi connectivity index (χ3v) is 3.00. The molecule has 4 heteroatoms. The molecule has 0 radical (unpaired) electrons. The number of methoxy groups -OCH3 is 1. The van der Waals surface area contributed by atoms with Crippen molar-refractivity contribution in [1.29, 1.82) is 0 Å². The van der Waals surface area contributed by atoms with Crippen LogP contribution in [0.4, 0.5) is 0 Å². The molecule has 1 rings (SSSR count). The third kappa shape index (κ3) is 5.47. The van der Waals surface area contributed by atoms with Gasteiger partial charge in [-0.1, -0.05) is 6.92 Å². The lowest BCUT2D eigenvalue weighted by molar-refractivity contribution is -0.121. The standard InChI is InChI=1S/C12H24N2O2/c1-9(11-4-5-11)6-13-7-12(15)14-10(2)8-16-3/h9-11,13H,4-8H2,1-3H3,(H,14,15). The highest BCUT2D eigenvalue weighted by Gasteiger charge is 2.27. The quantitative estimate of drug-likeness (QED) is 0.645. The van der Waals surface area contributed by atoms with Gasteiger partial charge in [-0.3, -0.25) is 4.79 Å². The molecule has 1 amide bonds. The van der Waals surface area contributed by atoms with E-state index in [0.29, 0.717) is 19.1 Å². The van der Waals surface area contributed by atoms with Gasteiger partial charge < -0.3 is 15.4 Å². The van der Waals surface area contributed by atoms with Gasteiger partial charge in [-0.15, -0.1) is 0 Å². The summed E-state index contributed by atoms with van der Waals surface area (Å²) in [5, 5.41) is 6.07. The molecule has 2 unspecified atom stereocenters. The average molecular weight is 228 g/mol. The first-order valence-corrected chi connectivity index (χ1v) is 6.12. The summed E-state index contributed by atoms with van der Waals surface area (Å²) in [5.74, 6) is 1.64. The minimum atomic E-state index is 0.0487. The lowest BCUT2D eigenvalue weighted by Gasteiger charge is -2.14. The van der Waals surface area contributed by atoms with E-state index in [0.717, 1.165) is 12.5 Å². The van der Waals surface area contributed by atoms with Crippen LogP contribution in [0.5, 0.6) is 0 Å². The summed E-state index contributed by atoms with van der Waals surface area (Å²) in [4.78, 5) is 11.5. The van der Waals surface area contributed by atoms with Gasteiger partial charge in [0.25, 0.3) is 0 Å². The lowest BCUT2D eigenvalue weighted by atomic mass is 10.1. The van der Waals surface area contributed by atoms with Crippen molar-refractivity contribution >= 4 is 5.91 Å². The van der Waals surface area contributed by atoms with Crippen LogP contribution in [-0.4, -0.2) is 38.8 Å². The van der Waals surface area contributed by atoms with Crippen LogP contribution in [0.1, 0.15) is 26.7 Å². The Balaban J connectivity index is 2.00. The Morgan fingerprint density at radius 1 is 1.44 bits per heavy atom. The number of ether oxygens (including phenoxy) is 1. The number of rotatable bonds is 8. The first kappa shape index (κ1) is 13.5. The molecule has 1 saturated carbocycles. The normalized spacial score (nSPS) is 19.2. The van der Waals surface area contributed by atoms with Crippen molar-refractivity contribution < 1.29 is 9.53 Å². The predicted molar refractivity (Wildman–Crippen MR) is 64.2 cm³/mol. The second-order valence-electron chi connectivity index (χ2n) is 4.87. The van der Waals surface area contributed by atoms with E-state index in [9.17, 15) is 4.79 Å². The highest BCUT2D eigenvalue weighted by molar-refractivity contribution is 5.78. The smallest absolute Gasteiger partial charge is 0.234 e. The summed E-state index contributed by atoms with van der Waals surface area (Å²) in [6.45, 7) is 6.09. The van der Waals surface area contributed by atoms with Crippen molar-refractivity contribution in [1.82, 2.24) is 10.6 Å². The second kappa shape index (κ2) is 6.86. The predicted octanol–water partition coefficient (Wildman–Crippen LogP) is 0.773. The van der Waals surface area contributed by atoms with E-state index in [-0.39, 0.29) is 11.9 Å². The fourth-order valence-electron chi connectivity index (χ4n) is 1.86. The molecule has 0 saturated heterocycles. The van der Waals surface area contributed by atoms with E-state index < -0.39 is 0 Å². The fraction of sp³-hybridized carbons (Fsp3) is 0.917. The molecule has 0 aliphatic heterocycles. The molecule has 2 N–H and O–H groups in total. The van der Waals surface area contributed by atoms with Crippen LogP contribution in [-0.2, 0) is 9.53 Å². The molecule has 4 nitrogen and oxygen atoms in total. The van der Waals surface area contributed by atoms with Crippen molar-refractivity contribution in [3.63, 3.8) is 0 Å². The Hall–Kier alpha value is -0.610. The Labute approximate surface area is 98.1 Å². The molecule has 0 aromatic heterocycles. The summed E-state index contributed by atoms with van der Waals surface area (Å²) in [6.07, 6.45) is 2.72. The van der Waals surface area contributed by atoms with Crippen molar-refractivity contribution in [2.24, 2.45) is 11.8 Å². The van der Waals surface area contributed by atoms with Crippen LogP contribution in [0.3, 0.4) is 0 Å². The maximum absolute atomic E-state index is 11.5. The summed E-state index contributed by atoms with van der Waals surface area (Å²) in [5.41, 5.74) is 0. The lowest BCUT2D eigenvalue weighted by Crippen LogP contribution is -2.41. The van der Waals surface area contributed by atoms with Gasteiger partial charge in [0.15, 0.2) is 0 Å². The van der Waals surface area contributed by atoms with Gasteiger partial charge in [0.05, 0.1) is 13.2 Å². The maximum atomic E-state index is 11.5. The van der Waals surface area contributed by atoms with Gasteiger partial charge in [-0.2, -0.15) is 0 Å². The molecule has 1 fully saturated rings. The molecular weight excluding hydrogens is 204 g/mol. The second-order valence-corrected chi connectivity index (χ2v) is 4.87. The highest BCUT2D eigenvalue weighted by Crippen LogP contribution is 2.35. The molecule has 0 spiro atoms. The van der Waals surface area contributed by atoms with Crippen molar-refractivity contribution in [2.45, 2.75) is 32.7 Å². The van der Waals surface area contributed by atoms with Crippen molar-refractivity contribution in [3.05, 3.63) is 0 Å². The molecule has 94 valence electrons. The SMILES string of the molecule is COCC(C)NC(=O)CNCC(C)C1CC1. The molecule has 0 aromatic carbocycles. The molecule has 0 heterocycles. The molecule has 2 atom stereocenters. The van der Waals surface area contributed by atoms with E-state index in [1.54, 1.807) is 7.11 Å². The van der Waals surface area contributed by atoms with E-state index in [1.807, 2.05) is 6.92 Å². The van der Waals surface area contributed by atoms with Crippen LogP contribution in [0.25, 0.3) is 0 Å². The molecular formula is C12H24N2O2. The number of amides is 1. The zero-order chi connectivity index (χ0) is 12.0. The van der Waals surface area contributed by atoms with E-state index in [1.165, 1.54) is 12.8 Å². The summed E-state index contributed by atoms with van der Waals surface area (Å²) >= 11 is 0. The molecule has 1 aliphatic rings. The Bertz CT molecular complexity index is 217. The van der Waals surface area contributed by atoms with Crippen LogP contribution in [0, 0.1) is 11.8 Å².